The molecule has 5 heterocycles. The first-order valence-corrected chi connectivity index (χ1v) is 20.0. The van der Waals surface area contributed by atoms with Crippen molar-refractivity contribution in [2.24, 2.45) is 5.92 Å². The molecular formula is C41H46ClN9O6. The second kappa shape index (κ2) is 17.7. The highest BCUT2D eigenvalue weighted by atomic mass is 35.5. The first-order chi connectivity index (χ1) is 27.6. The minimum Gasteiger partial charge on any atom is -0.508 e. The van der Waals surface area contributed by atoms with Crippen LogP contribution in [-0.2, 0) is 9.59 Å². The first-order valence-electron chi connectivity index (χ1n) is 19.7. The van der Waals surface area contributed by atoms with E-state index in [2.05, 4.69) is 35.3 Å². The topological polar surface area (TPSA) is 192 Å². The average molecular weight is 796 g/mol. The number of halogens is 1. The summed E-state index contributed by atoms with van der Waals surface area (Å²) in [6.07, 6.45) is 11.3. The van der Waals surface area contributed by atoms with Gasteiger partial charge >= 0.3 is 0 Å². The Morgan fingerprint density at radius 3 is 2.23 bits per heavy atom. The summed E-state index contributed by atoms with van der Waals surface area (Å²) in [4.78, 5) is 79.9. The van der Waals surface area contributed by atoms with E-state index in [1.54, 1.807) is 24.5 Å². The Kier molecular flexibility index (Phi) is 12.3. The number of benzene rings is 2. The molecule has 1 atom stereocenters. The molecule has 0 bridgehead atoms. The zero-order valence-corrected chi connectivity index (χ0v) is 32.4. The molecule has 57 heavy (non-hydrogen) atoms. The average Bonchev–Trinajstić information content (AvgIpc) is 3.47. The van der Waals surface area contributed by atoms with Crippen LogP contribution in [0.15, 0.2) is 48.8 Å². The summed E-state index contributed by atoms with van der Waals surface area (Å²) in [5.41, 5.74) is 2.39. The van der Waals surface area contributed by atoms with Crippen molar-refractivity contribution >= 4 is 52.8 Å². The van der Waals surface area contributed by atoms with Crippen LogP contribution in [-0.4, -0.2) is 112 Å². The number of anilines is 2. The van der Waals surface area contributed by atoms with Gasteiger partial charge in [0.15, 0.2) is 0 Å². The molecule has 2 aromatic carbocycles. The van der Waals surface area contributed by atoms with Gasteiger partial charge in [0.1, 0.15) is 17.9 Å². The van der Waals surface area contributed by atoms with E-state index in [-0.39, 0.29) is 41.5 Å². The maximum absolute atomic E-state index is 13.3. The van der Waals surface area contributed by atoms with Gasteiger partial charge in [0.05, 0.1) is 27.3 Å². The molecule has 1 saturated carbocycles. The lowest BCUT2D eigenvalue weighted by Gasteiger charge is -2.39. The van der Waals surface area contributed by atoms with Crippen LogP contribution >= 0.6 is 11.6 Å². The van der Waals surface area contributed by atoms with Gasteiger partial charge in [-0.05, 0) is 74.4 Å². The number of aromatic nitrogens is 2. The molecular weight excluding hydrogens is 750 g/mol. The number of nitrogens with zero attached hydrogens (tertiary/aromatic N) is 7. The summed E-state index contributed by atoms with van der Waals surface area (Å²) in [7, 11) is 0. The van der Waals surface area contributed by atoms with Gasteiger partial charge in [-0.3, -0.25) is 39.1 Å². The number of fused-ring (bicyclic) bond motifs is 1. The van der Waals surface area contributed by atoms with Crippen LogP contribution in [0.25, 0.3) is 0 Å². The summed E-state index contributed by atoms with van der Waals surface area (Å²) >= 11 is 5.55. The number of phenols is 1. The quantitative estimate of drug-likeness (QED) is 0.293. The molecule has 4 aliphatic heterocycles. The Morgan fingerprint density at radius 1 is 0.860 bits per heavy atom. The number of nitriles is 1. The molecule has 0 radical (unpaired) electrons. The van der Waals surface area contributed by atoms with Gasteiger partial charge in [0.25, 0.3) is 17.7 Å². The van der Waals surface area contributed by atoms with Gasteiger partial charge < -0.3 is 20.2 Å². The highest BCUT2D eigenvalue weighted by Gasteiger charge is 2.45. The second-order valence-corrected chi connectivity index (χ2v) is 15.7. The Balaban J connectivity index is 0.000000434. The molecule has 1 aromatic heterocycles. The fourth-order valence-electron chi connectivity index (χ4n) is 8.24. The van der Waals surface area contributed by atoms with Crippen LogP contribution in [0.4, 0.5) is 11.6 Å². The summed E-state index contributed by atoms with van der Waals surface area (Å²) in [6, 6.07) is 10.7. The molecule has 8 rings (SSSR count). The van der Waals surface area contributed by atoms with Crippen LogP contribution < -0.4 is 20.4 Å². The van der Waals surface area contributed by atoms with Crippen molar-refractivity contribution < 1.29 is 29.1 Å². The zero-order valence-electron chi connectivity index (χ0n) is 31.7. The number of hydrogen-bond donors (Lipinski definition) is 3. The van der Waals surface area contributed by atoms with E-state index in [0.29, 0.717) is 34.1 Å². The van der Waals surface area contributed by atoms with Crippen LogP contribution in [0.3, 0.4) is 0 Å². The molecule has 3 N–H and O–H groups in total. The molecule has 1 aliphatic carbocycles. The largest absolute Gasteiger partial charge is 0.508 e. The third kappa shape index (κ3) is 9.19. The van der Waals surface area contributed by atoms with Crippen LogP contribution in [0.1, 0.15) is 94.4 Å². The van der Waals surface area contributed by atoms with Gasteiger partial charge in [0.2, 0.25) is 17.8 Å². The van der Waals surface area contributed by atoms with Crippen LogP contribution in [0, 0.1) is 17.2 Å². The zero-order chi connectivity index (χ0) is 40.1. The molecule has 4 fully saturated rings. The SMILES string of the molecule is N#Cc1ccc(O)cc1Cl.O=C1CCC(N2C(=O)c3ccc(N4CCN(CC5CCN(c6ncc(C(=O)NC7CCCCC7)cn6)CC5)CC4)cc3C2=O)C(=O)N1. The summed E-state index contributed by atoms with van der Waals surface area (Å²) < 4.78 is 0. The highest BCUT2D eigenvalue weighted by Crippen LogP contribution is 2.31. The Bertz CT molecular complexity index is 2050. The van der Waals surface area contributed by atoms with Crippen molar-refractivity contribution in [1.82, 2.24) is 30.4 Å². The second-order valence-electron chi connectivity index (χ2n) is 15.3. The maximum atomic E-state index is 13.3. The number of carbonyl (C=O) groups is 5. The minimum absolute atomic E-state index is 0.0731. The molecule has 0 spiro atoms. The molecule has 16 heteroatoms. The smallest absolute Gasteiger partial charge is 0.262 e. The van der Waals surface area contributed by atoms with E-state index >= 15 is 0 Å². The Hall–Kier alpha value is -5.59. The Labute approximate surface area is 336 Å². The molecule has 3 saturated heterocycles. The number of imide groups is 2. The van der Waals surface area contributed by atoms with Crippen molar-refractivity contribution in [2.75, 3.05) is 55.6 Å². The van der Waals surface area contributed by atoms with Crippen LogP contribution in [0.5, 0.6) is 5.75 Å². The third-order valence-corrected chi connectivity index (χ3v) is 11.8. The van der Waals surface area contributed by atoms with Crippen molar-refractivity contribution in [3.05, 3.63) is 76.1 Å². The Morgan fingerprint density at radius 2 is 1.56 bits per heavy atom. The minimum atomic E-state index is -0.962. The lowest BCUT2D eigenvalue weighted by Crippen LogP contribution is -2.54. The fraction of sp³-hybridized carbons (Fsp3) is 0.463. The molecule has 1 unspecified atom stereocenters. The molecule has 3 aromatic rings. The van der Waals surface area contributed by atoms with Crippen molar-refractivity contribution in [3.8, 4) is 11.8 Å². The number of piperidine rings is 2. The van der Waals surface area contributed by atoms with Gasteiger partial charge in [0, 0.05) is 76.4 Å². The molecule has 5 aliphatic rings. The lowest BCUT2D eigenvalue weighted by atomic mass is 9.95. The first kappa shape index (κ1) is 39.6. The number of carbonyl (C=O) groups excluding carboxylic acids is 5. The van der Waals surface area contributed by atoms with Gasteiger partial charge in [-0.1, -0.05) is 30.9 Å². The van der Waals surface area contributed by atoms with Crippen molar-refractivity contribution in [2.45, 2.75) is 69.9 Å². The molecule has 15 nitrogen and oxygen atoms in total. The van der Waals surface area contributed by atoms with Crippen LogP contribution in [0.2, 0.25) is 5.02 Å². The monoisotopic (exact) mass is 795 g/mol. The fourth-order valence-corrected chi connectivity index (χ4v) is 8.45. The summed E-state index contributed by atoms with van der Waals surface area (Å²) in [6.45, 7) is 6.23. The van der Waals surface area contributed by atoms with Crippen molar-refractivity contribution in [3.63, 3.8) is 0 Å². The number of rotatable bonds is 7. The predicted molar refractivity (Wildman–Crippen MR) is 211 cm³/mol. The van der Waals surface area contributed by atoms with E-state index in [1.165, 1.54) is 37.5 Å². The number of hydrogen-bond acceptors (Lipinski definition) is 12. The molecule has 5 amide bonds. The van der Waals surface area contributed by atoms with Gasteiger partial charge in [-0.15, -0.1) is 0 Å². The van der Waals surface area contributed by atoms with Gasteiger partial charge in [-0.2, -0.15) is 5.26 Å². The summed E-state index contributed by atoms with van der Waals surface area (Å²) in [5.74, 6) is -0.697. The number of nitrogens with one attached hydrogen (secondary N) is 2. The number of piperazine rings is 1. The van der Waals surface area contributed by atoms with E-state index in [4.69, 9.17) is 22.0 Å². The highest BCUT2D eigenvalue weighted by molar-refractivity contribution is 6.31. The maximum Gasteiger partial charge on any atom is 0.262 e. The van der Waals surface area contributed by atoms with E-state index in [9.17, 15) is 24.0 Å². The van der Waals surface area contributed by atoms with Gasteiger partial charge in [-0.25, -0.2) is 9.97 Å². The summed E-state index contributed by atoms with van der Waals surface area (Å²) in [5, 5.41) is 22.9. The van der Waals surface area contributed by atoms with E-state index in [0.717, 1.165) is 82.1 Å². The standard InChI is InChI=1S/C34H42N8O5.C7H4ClNO/c43-29-9-8-28(31(45)38-29)42-32(46)26-7-6-25(18-27(26)33(42)47)40-16-14-39(15-17-40)21-22-10-12-41(13-11-22)34-35-19-23(20-36-34)30(44)37-24-4-2-1-3-5-24;8-7-3-6(10)2-1-5(7)4-9/h6-7,18-20,22,24,28H,1-5,8-17,21H2,(H,37,44)(H,38,43,45);1-3,10H. The lowest BCUT2D eigenvalue weighted by molar-refractivity contribution is -0.136. The van der Waals surface area contributed by atoms with E-state index < -0.39 is 23.8 Å². The third-order valence-electron chi connectivity index (χ3n) is 11.5. The van der Waals surface area contributed by atoms with E-state index in [1.807, 2.05) is 12.1 Å². The number of phenolic OH excluding ortho intramolecular Hbond substituents is 1. The predicted octanol–water partition coefficient (Wildman–Crippen LogP) is 3.90. The number of aromatic hydroxyl groups is 1. The molecule has 298 valence electrons. The normalized spacial score (nSPS) is 20.7. The number of amides is 5. The van der Waals surface area contributed by atoms with Crippen molar-refractivity contribution in [1.29, 1.82) is 5.26 Å².